The summed E-state index contributed by atoms with van der Waals surface area (Å²) in [5.74, 6) is 0.0895. The molecule has 0 fully saturated rings. The van der Waals surface area contributed by atoms with E-state index in [1.807, 2.05) is 29.2 Å². The molecule has 0 aliphatic carbocycles. The molecule has 0 bridgehead atoms. The van der Waals surface area contributed by atoms with E-state index in [1.165, 1.54) is 51.8 Å². The van der Waals surface area contributed by atoms with Crippen LogP contribution in [0.2, 0.25) is 13.3 Å². The second kappa shape index (κ2) is 12.6. The Labute approximate surface area is 195 Å². The summed E-state index contributed by atoms with van der Waals surface area (Å²) in [6.07, 6.45) is 11.1. The van der Waals surface area contributed by atoms with Gasteiger partial charge in [0.1, 0.15) is 0 Å². The quantitative estimate of drug-likeness (QED) is 0.234. The van der Waals surface area contributed by atoms with Gasteiger partial charge in [-0.1, -0.05) is 0 Å². The fourth-order valence-electron chi connectivity index (χ4n) is 5.87. The van der Waals surface area contributed by atoms with Gasteiger partial charge in [-0.2, -0.15) is 0 Å². The van der Waals surface area contributed by atoms with E-state index in [0.29, 0.717) is 6.42 Å². The minimum atomic E-state index is -2.79. The van der Waals surface area contributed by atoms with Gasteiger partial charge in [-0.05, 0) is 0 Å². The predicted octanol–water partition coefficient (Wildman–Crippen LogP) is 7.64. The van der Waals surface area contributed by atoms with E-state index in [2.05, 4.69) is 34.6 Å². The van der Waals surface area contributed by atoms with Crippen molar-refractivity contribution in [2.45, 2.75) is 122 Å². The molecule has 31 heavy (non-hydrogen) atoms. The standard InChI is InChI=1S/C15H20NO2.3C4H9.Sn/c1-3-5-10-15(18)13-9-7-6-8-12(13)14(17)16(15)11-4-2;3*1-3-4-2;/h6-9,11,18H,3-5,10H2,1-2H3;3*1,3-4H2,2H3;. The van der Waals surface area contributed by atoms with E-state index in [0.717, 1.165) is 30.4 Å². The van der Waals surface area contributed by atoms with Crippen molar-refractivity contribution in [3.8, 4) is 0 Å². The minimum absolute atomic E-state index is 0.0895. The molecule has 1 aliphatic heterocycles. The van der Waals surface area contributed by atoms with Crippen LogP contribution in [-0.2, 0) is 5.72 Å². The average Bonchev–Trinajstić information content (AvgIpc) is 3.01. The Hall–Kier alpha value is -0.551. The van der Waals surface area contributed by atoms with Crippen LogP contribution in [0.4, 0.5) is 0 Å². The molecule has 0 aromatic heterocycles. The molecule has 1 amide bonds. The van der Waals surface area contributed by atoms with Gasteiger partial charge in [0.05, 0.1) is 0 Å². The Morgan fingerprint density at radius 3 is 1.87 bits per heavy atom. The van der Waals surface area contributed by atoms with Crippen LogP contribution in [0.1, 0.15) is 115 Å². The number of hydrogen-bond donors (Lipinski definition) is 1. The van der Waals surface area contributed by atoms with Crippen molar-refractivity contribution in [1.29, 1.82) is 0 Å². The number of amides is 1. The fourth-order valence-corrected chi connectivity index (χ4v) is 24.9. The molecular weight excluding hydrogens is 489 g/mol. The van der Waals surface area contributed by atoms with Crippen LogP contribution in [0.3, 0.4) is 0 Å². The van der Waals surface area contributed by atoms with Gasteiger partial charge in [-0.3, -0.25) is 0 Å². The molecule has 2 atom stereocenters. The number of carbonyl (C=O) groups is 1. The monoisotopic (exact) mass is 537 g/mol. The van der Waals surface area contributed by atoms with Crippen LogP contribution in [0, 0.1) is 0 Å². The number of carbonyl (C=O) groups excluding carboxylic acids is 1. The zero-order valence-corrected chi connectivity index (χ0v) is 23.7. The van der Waals surface area contributed by atoms with Crippen molar-refractivity contribution in [2.24, 2.45) is 0 Å². The first-order chi connectivity index (χ1) is 15.0. The number of fused-ring (bicyclic) bond motifs is 1. The molecule has 176 valence electrons. The number of rotatable bonds is 15. The van der Waals surface area contributed by atoms with Gasteiger partial charge in [-0.15, -0.1) is 0 Å². The molecule has 1 aliphatic rings. The van der Waals surface area contributed by atoms with Crippen LogP contribution in [0.15, 0.2) is 24.3 Å². The van der Waals surface area contributed by atoms with E-state index in [9.17, 15) is 9.90 Å². The van der Waals surface area contributed by atoms with Crippen LogP contribution < -0.4 is 0 Å². The van der Waals surface area contributed by atoms with E-state index < -0.39 is 24.1 Å². The Kier molecular flexibility index (Phi) is 10.9. The number of hydrogen-bond acceptors (Lipinski definition) is 2. The molecule has 0 saturated carbocycles. The third kappa shape index (κ3) is 5.69. The Morgan fingerprint density at radius 2 is 1.39 bits per heavy atom. The Balaban J connectivity index is 2.58. The van der Waals surface area contributed by atoms with Crippen molar-refractivity contribution in [2.75, 3.05) is 0 Å². The summed E-state index contributed by atoms with van der Waals surface area (Å²) >= 11 is -2.79. The van der Waals surface area contributed by atoms with Crippen LogP contribution in [0.25, 0.3) is 0 Å². The number of unbranched alkanes of at least 4 members (excludes halogenated alkanes) is 4. The van der Waals surface area contributed by atoms with E-state index in [-0.39, 0.29) is 9.96 Å². The molecule has 0 radical (unpaired) electrons. The molecule has 1 aromatic carbocycles. The molecule has 4 heteroatoms. The predicted molar refractivity (Wildman–Crippen MR) is 135 cm³/mol. The van der Waals surface area contributed by atoms with E-state index in [1.54, 1.807) is 0 Å². The fraction of sp³-hybridized carbons (Fsp3) is 0.741. The van der Waals surface area contributed by atoms with Crippen molar-refractivity contribution >= 4 is 24.3 Å². The van der Waals surface area contributed by atoms with E-state index >= 15 is 0 Å². The summed E-state index contributed by atoms with van der Waals surface area (Å²) in [4.78, 5) is 15.9. The van der Waals surface area contributed by atoms with Gasteiger partial charge < -0.3 is 0 Å². The molecule has 1 aromatic rings. The average molecular weight is 536 g/mol. The normalized spacial score (nSPS) is 19.7. The molecule has 0 spiro atoms. The summed E-state index contributed by atoms with van der Waals surface area (Å²) in [6, 6.07) is 7.86. The summed E-state index contributed by atoms with van der Waals surface area (Å²) < 4.78 is 4.34. The second-order valence-corrected chi connectivity index (χ2v) is 23.7. The van der Waals surface area contributed by atoms with Crippen molar-refractivity contribution in [1.82, 2.24) is 4.90 Å². The van der Waals surface area contributed by atoms with Gasteiger partial charge in [0.25, 0.3) is 0 Å². The summed E-state index contributed by atoms with van der Waals surface area (Å²) in [7, 11) is 0. The summed E-state index contributed by atoms with van der Waals surface area (Å²) in [5.41, 5.74) is 0.465. The number of benzene rings is 1. The van der Waals surface area contributed by atoms with Gasteiger partial charge in [0.2, 0.25) is 0 Å². The Bertz CT molecular complexity index is 670. The van der Waals surface area contributed by atoms with Gasteiger partial charge in [-0.25, -0.2) is 0 Å². The maximum atomic E-state index is 13.8. The molecule has 2 rings (SSSR count). The van der Waals surface area contributed by atoms with Gasteiger partial charge >= 0.3 is 196 Å². The zero-order chi connectivity index (χ0) is 22.9. The first-order valence-electron chi connectivity index (χ1n) is 13.1. The molecule has 3 nitrogen and oxygen atoms in total. The first kappa shape index (κ1) is 26.7. The SMILES string of the molecule is CCCCC1(O)c2ccccc2C(=O)N1[CH](CC)[Sn]([CH2]CCC)([CH2]CCC)[CH2]CCC. The van der Waals surface area contributed by atoms with Gasteiger partial charge in [0, 0.05) is 0 Å². The third-order valence-corrected chi connectivity index (χ3v) is 25.1. The number of nitrogens with zero attached hydrogens (tertiary/aromatic N) is 1. The maximum absolute atomic E-state index is 13.8. The summed E-state index contributed by atoms with van der Waals surface area (Å²) in [5, 5.41) is 12.2. The topological polar surface area (TPSA) is 40.5 Å². The zero-order valence-electron chi connectivity index (χ0n) is 20.9. The van der Waals surface area contributed by atoms with Crippen LogP contribution >= 0.6 is 0 Å². The molecule has 1 N–H and O–H groups in total. The van der Waals surface area contributed by atoms with Crippen molar-refractivity contribution in [3.05, 3.63) is 35.4 Å². The second-order valence-electron chi connectivity index (χ2n) is 9.74. The molecular formula is C27H47NO2Sn. The first-order valence-corrected chi connectivity index (χ1v) is 20.8. The van der Waals surface area contributed by atoms with Crippen molar-refractivity contribution in [3.63, 3.8) is 0 Å². The van der Waals surface area contributed by atoms with Crippen LogP contribution in [0.5, 0.6) is 0 Å². The van der Waals surface area contributed by atoms with Crippen molar-refractivity contribution < 1.29 is 9.90 Å². The Morgan fingerprint density at radius 1 is 0.871 bits per heavy atom. The van der Waals surface area contributed by atoms with Gasteiger partial charge in [0.15, 0.2) is 0 Å². The van der Waals surface area contributed by atoms with Crippen LogP contribution in [-0.4, -0.2) is 38.3 Å². The van der Waals surface area contributed by atoms with E-state index in [4.69, 9.17) is 0 Å². The molecule has 1 heterocycles. The summed E-state index contributed by atoms with van der Waals surface area (Å²) in [6.45, 7) is 11.3. The third-order valence-electron chi connectivity index (χ3n) is 7.58. The molecule has 2 unspecified atom stereocenters. The number of aliphatic hydroxyl groups is 1. The molecule has 0 saturated heterocycles.